The highest BCUT2D eigenvalue weighted by molar-refractivity contribution is 5.70. The average molecular weight is 328 g/mol. The van der Waals surface area contributed by atoms with Crippen LogP contribution in [0.25, 0.3) is 0 Å². The molecule has 0 aliphatic rings. The number of carbonyl (C=O) groups is 1. The van der Waals surface area contributed by atoms with Crippen LogP contribution in [-0.4, -0.2) is 19.1 Å². The molecule has 5 heteroatoms. The molecule has 5 nitrogen and oxygen atoms in total. The van der Waals surface area contributed by atoms with Gasteiger partial charge in [0.2, 0.25) is 0 Å². The van der Waals surface area contributed by atoms with Gasteiger partial charge in [-0.3, -0.25) is 4.79 Å². The molecule has 2 aromatic carbocycles. The maximum atomic E-state index is 11.3. The van der Waals surface area contributed by atoms with E-state index in [1.54, 1.807) is 0 Å². The number of esters is 1. The van der Waals surface area contributed by atoms with E-state index in [9.17, 15) is 4.79 Å². The zero-order valence-electron chi connectivity index (χ0n) is 14.1. The number of hydrogen-bond acceptors (Lipinski definition) is 5. The van der Waals surface area contributed by atoms with Crippen molar-refractivity contribution in [2.45, 2.75) is 32.2 Å². The maximum absolute atomic E-state index is 11.3. The predicted molar refractivity (Wildman–Crippen MR) is 96.3 cm³/mol. The fourth-order valence-electron chi connectivity index (χ4n) is 2.34. The van der Waals surface area contributed by atoms with E-state index >= 15 is 0 Å². The number of methoxy groups -OCH3 is 1. The van der Waals surface area contributed by atoms with E-state index in [4.69, 9.17) is 15.2 Å². The van der Waals surface area contributed by atoms with Gasteiger partial charge in [0.25, 0.3) is 0 Å². The molecule has 0 aliphatic carbocycles. The summed E-state index contributed by atoms with van der Waals surface area (Å²) in [5.41, 5.74) is 7.51. The number of ether oxygens (including phenoxy) is 2. The third kappa shape index (κ3) is 5.19. The molecule has 0 aliphatic heterocycles. The Morgan fingerprint density at radius 1 is 1.17 bits per heavy atom. The molecule has 0 bridgehead atoms. The number of carbonyl (C=O) groups excluding carboxylic acids is 1. The number of nitrogens with two attached hydrogens (primary N) is 1. The molecule has 0 amide bonds. The van der Waals surface area contributed by atoms with Crippen molar-refractivity contribution in [3.05, 3.63) is 48.5 Å². The van der Waals surface area contributed by atoms with Crippen LogP contribution in [0.3, 0.4) is 0 Å². The van der Waals surface area contributed by atoms with Gasteiger partial charge in [-0.1, -0.05) is 25.1 Å². The summed E-state index contributed by atoms with van der Waals surface area (Å²) in [4.78, 5) is 11.3. The molecule has 1 unspecified atom stereocenters. The van der Waals surface area contributed by atoms with Gasteiger partial charge in [-0.2, -0.15) is 0 Å². The Kier molecular flexibility index (Phi) is 6.49. The van der Waals surface area contributed by atoms with Crippen LogP contribution in [0.1, 0.15) is 26.2 Å². The molecule has 1 atom stereocenters. The van der Waals surface area contributed by atoms with Crippen molar-refractivity contribution in [2.75, 3.05) is 18.2 Å². The van der Waals surface area contributed by atoms with Crippen molar-refractivity contribution >= 4 is 17.3 Å². The summed E-state index contributed by atoms with van der Waals surface area (Å²) in [5, 5.41) is 3.39. The SMILES string of the molecule is CCC(CCC(=O)OC)Nc1cc(Oc2ccccc2)ccc1N. The second kappa shape index (κ2) is 8.82. The van der Waals surface area contributed by atoms with E-state index in [0.717, 1.165) is 17.9 Å². The molecule has 0 saturated carbocycles. The summed E-state index contributed by atoms with van der Waals surface area (Å²) < 4.78 is 10.5. The second-order valence-electron chi connectivity index (χ2n) is 5.53. The average Bonchev–Trinajstić information content (AvgIpc) is 2.61. The Morgan fingerprint density at radius 3 is 2.58 bits per heavy atom. The van der Waals surface area contributed by atoms with Gasteiger partial charge in [0, 0.05) is 18.5 Å². The minimum Gasteiger partial charge on any atom is -0.469 e. The van der Waals surface area contributed by atoms with E-state index in [-0.39, 0.29) is 12.0 Å². The van der Waals surface area contributed by atoms with Crippen LogP contribution in [-0.2, 0) is 9.53 Å². The largest absolute Gasteiger partial charge is 0.469 e. The van der Waals surface area contributed by atoms with Gasteiger partial charge in [0.15, 0.2) is 0 Å². The van der Waals surface area contributed by atoms with E-state index < -0.39 is 0 Å². The zero-order chi connectivity index (χ0) is 17.4. The molecule has 3 N–H and O–H groups in total. The summed E-state index contributed by atoms with van der Waals surface area (Å²) in [6.07, 6.45) is 1.94. The van der Waals surface area contributed by atoms with Gasteiger partial charge in [0.05, 0.1) is 18.5 Å². The molecule has 0 aromatic heterocycles. The predicted octanol–water partition coefficient (Wildman–Crippen LogP) is 4.20. The first-order valence-electron chi connectivity index (χ1n) is 8.08. The number of rotatable bonds is 8. The first-order valence-corrected chi connectivity index (χ1v) is 8.08. The van der Waals surface area contributed by atoms with Gasteiger partial charge in [0.1, 0.15) is 11.5 Å². The number of anilines is 2. The summed E-state index contributed by atoms with van der Waals surface area (Å²) in [6, 6.07) is 15.2. The van der Waals surface area contributed by atoms with Gasteiger partial charge >= 0.3 is 5.97 Å². The number of nitrogen functional groups attached to an aromatic ring is 1. The lowest BCUT2D eigenvalue weighted by Crippen LogP contribution is -2.20. The summed E-state index contributed by atoms with van der Waals surface area (Å²) in [7, 11) is 1.40. The van der Waals surface area contributed by atoms with Gasteiger partial charge in [-0.05, 0) is 37.1 Å². The second-order valence-corrected chi connectivity index (χ2v) is 5.53. The molecule has 24 heavy (non-hydrogen) atoms. The third-order valence-electron chi connectivity index (χ3n) is 3.78. The van der Waals surface area contributed by atoms with Crippen LogP contribution < -0.4 is 15.8 Å². The zero-order valence-corrected chi connectivity index (χ0v) is 14.1. The smallest absolute Gasteiger partial charge is 0.305 e. The molecule has 0 radical (unpaired) electrons. The lowest BCUT2D eigenvalue weighted by atomic mass is 10.1. The molecule has 128 valence electrons. The topological polar surface area (TPSA) is 73.6 Å². The fraction of sp³-hybridized carbons (Fsp3) is 0.316. The van der Waals surface area contributed by atoms with Crippen molar-refractivity contribution in [1.82, 2.24) is 0 Å². The first-order chi connectivity index (χ1) is 11.6. The molecule has 0 spiro atoms. The fourth-order valence-corrected chi connectivity index (χ4v) is 2.34. The lowest BCUT2D eigenvalue weighted by Gasteiger charge is -2.20. The number of nitrogens with one attached hydrogen (secondary N) is 1. The van der Waals surface area contributed by atoms with Crippen molar-refractivity contribution in [3.63, 3.8) is 0 Å². The van der Waals surface area contributed by atoms with Gasteiger partial charge in [-0.15, -0.1) is 0 Å². The maximum Gasteiger partial charge on any atom is 0.305 e. The van der Waals surface area contributed by atoms with Crippen molar-refractivity contribution in [2.24, 2.45) is 0 Å². The lowest BCUT2D eigenvalue weighted by molar-refractivity contribution is -0.140. The van der Waals surface area contributed by atoms with Gasteiger partial charge in [-0.25, -0.2) is 0 Å². The van der Waals surface area contributed by atoms with E-state index in [1.165, 1.54) is 7.11 Å². The minimum atomic E-state index is -0.204. The highest BCUT2D eigenvalue weighted by Crippen LogP contribution is 2.29. The number of benzene rings is 2. The van der Waals surface area contributed by atoms with Crippen molar-refractivity contribution in [3.8, 4) is 11.5 Å². The molecule has 0 heterocycles. The molecular formula is C19H24N2O3. The van der Waals surface area contributed by atoms with E-state index in [0.29, 0.717) is 24.3 Å². The highest BCUT2D eigenvalue weighted by Gasteiger charge is 2.12. The van der Waals surface area contributed by atoms with Crippen LogP contribution in [0, 0.1) is 0 Å². The molecule has 0 saturated heterocycles. The Balaban J connectivity index is 2.05. The van der Waals surface area contributed by atoms with E-state index in [2.05, 4.69) is 12.2 Å². The van der Waals surface area contributed by atoms with Crippen molar-refractivity contribution in [1.29, 1.82) is 0 Å². The van der Waals surface area contributed by atoms with Gasteiger partial charge < -0.3 is 20.5 Å². The van der Waals surface area contributed by atoms with Crippen molar-refractivity contribution < 1.29 is 14.3 Å². The minimum absolute atomic E-state index is 0.137. The highest BCUT2D eigenvalue weighted by atomic mass is 16.5. The first kappa shape index (κ1) is 17.7. The molecule has 0 fully saturated rings. The molecule has 2 aromatic rings. The van der Waals surface area contributed by atoms with Crippen LogP contribution in [0.4, 0.5) is 11.4 Å². The Morgan fingerprint density at radius 2 is 1.92 bits per heavy atom. The monoisotopic (exact) mass is 328 g/mol. The van der Waals surface area contributed by atoms with Crippen LogP contribution in [0.5, 0.6) is 11.5 Å². The molecular weight excluding hydrogens is 304 g/mol. The number of para-hydroxylation sites is 1. The number of hydrogen-bond donors (Lipinski definition) is 2. The quantitative estimate of drug-likeness (QED) is 0.561. The van der Waals surface area contributed by atoms with Crippen LogP contribution >= 0.6 is 0 Å². The van der Waals surface area contributed by atoms with E-state index in [1.807, 2.05) is 48.5 Å². The Bertz CT molecular complexity index is 659. The Labute approximate surface area is 142 Å². The molecule has 2 rings (SSSR count). The summed E-state index contributed by atoms with van der Waals surface area (Å²) >= 11 is 0. The normalized spacial score (nSPS) is 11.6. The third-order valence-corrected chi connectivity index (χ3v) is 3.78. The Hall–Kier alpha value is -2.69. The summed E-state index contributed by atoms with van der Waals surface area (Å²) in [5.74, 6) is 1.27. The summed E-state index contributed by atoms with van der Waals surface area (Å²) in [6.45, 7) is 2.06. The van der Waals surface area contributed by atoms with Crippen LogP contribution in [0.2, 0.25) is 0 Å². The van der Waals surface area contributed by atoms with Crippen LogP contribution in [0.15, 0.2) is 48.5 Å². The standard InChI is InChI=1S/C19H24N2O3/c1-3-14(9-12-19(22)23-2)21-18-13-16(10-11-17(18)20)24-15-7-5-4-6-8-15/h4-8,10-11,13-14,21H,3,9,12,20H2,1-2H3.